The maximum atomic E-state index is 12.0. The molecule has 1 fully saturated rings. The normalized spacial score (nSPS) is 18.0. The van der Waals surface area contributed by atoms with Crippen molar-refractivity contribution in [2.45, 2.75) is 31.7 Å². The van der Waals surface area contributed by atoms with Crippen molar-refractivity contribution in [1.29, 1.82) is 0 Å². The summed E-state index contributed by atoms with van der Waals surface area (Å²) in [6, 6.07) is 7.71. The lowest BCUT2D eigenvalue weighted by Gasteiger charge is -2.22. The van der Waals surface area contributed by atoms with Crippen molar-refractivity contribution in [3.8, 4) is 11.5 Å². The third kappa shape index (κ3) is 5.54. The number of hydrogen-bond acceptors (Lipinski definition) is 10. The van der Waals surface area contributed by atoms with E-state index in [0.717, 1.165) is 0 Å². The molecule has 1 N–H and O–H groups in total. The molecule has 1 aliphatic rings. The van der Waals surface area contributed by atoms with E-state index < -0.39 is 28.0 Å². The van der Waals surface area contributed by atoms with Crippen LogP contribution in [-0.4, -0.2) is 58.7 Å². The van der Waals surface area contributed by atoms with Crippen molar-refractivity contribution < 1.29 is 34.0 Å². The number of carbonyl (C=O) groups excluding carboxylic acids is 1. The predicted octanol–water partition coefficient (Wildman–Crippen LogP) is 2.20. The van der Waals surface area contributed by atoms with Crippen molar-refractivity contribution in [2.75, 3.05) is 20.8 Å². The van der Waals surface area contributed by atoms with Crippen molar-refractivity contribution >= 4 is 17.3 Å². The number of aliphatic hydroxyl groups is 1. The van der Waals surface area contributed by atoms with E-state index in [1.807, 2.05) is 0 Å². The van der Waals surface area contributed by atoms with Gasteiger partial charge in [0.05, 0.1) is 36.2 Å². The number of aliphatic hydroxyl groups excluding tert-OH is 1. The van der Waals surface area contributed by atoms with Gasteiger partial charge < -0.3 is 19.3 Å². The first-order chi connectivity index (χ1) is 15.7. The Labute approximate surface area is 188 Å². The minimum atomic E-state index is -0.751. The maximum Gasteiger partial charge on any atom is 0.323 e. The molecule has 176 valence electrons. The lowest BCUT2D eigenvalue weighted by atomic mass is 10.1. The first-order valence-electron chi connectivity index (χ1n) is 9.94. The Morgan fingerprint density at radius 3 is 2.39 bits per heavy atom. The van der Waals surface area contributed by atoms with Crippen LogP contribution < -0.4 is 9.47 Å². The number of methoxy groups -OCH3 is 2. The second kappa shape index (κ2) is 10.2. The molecule has 0 bridgehead atoms. The number of β-amino-alcohol motifs (C(OH)–C–C–N with tert-alkyl or cyclic N) is 1. The highest BCUT2D eigenvalue weighted by Gasteiger charge is 2.37. The highest BCUT2D eigenvalue weighted by molar-refractivity contribution is 5.76. The molecule has 2 atom stereocenters. The lowest BCUT2D eigenvalue weighted by molar-refractivity contribution is -0.385. The summed E-state index contributed by atoms with van der Waals surface area (Å²) in [4.78, 5) is 35.1. The molecule has 1 saturated heterocycles. The number of likely N-dealkylation sites (tertiary alicyclic amines) is 1. The van der Waals surface area contributed by atoms with Crippen LogP contribution in [-0.2, 0) is 22.7 Å². The van der Waals surface area contributed by atoms with Crippen molar-refractivity contribution in [3.63, 3.8) is 0 Å². The number of ether oxygens (including phenoxy) is 3. The van der Waals surface area contributed by atoms with Crippen LogP contribution in [0.25, 0.3) is 0 Å². The number of benzene rings is 2. The summed E-state index contributed by atoms with van der Waals surface area (Å²) in [5, 5.41) is 32.5. The SMILES string of the molecule is COC(=O)[C@@H]1CC(O)CN1Cc1cc(OC)c(OCc2ccc([N+](=O)[O-])cc2)cc1[N+](=O)[O-]. The van der Waals surface area contributed by atoms with Crippen LogP contribution in [0, 0.1) is 20.2 Å². The summed E-state index contributed by atoms with van der Waals surface area (Å²) in [5.41, 5.74) is 0.608. The van der Waals surface area contributed by atoms with E-state index in [1.165, 1.54) is 50.6 Å². The molecule has 3 rings (SSSR count). The second-order valence-corrected chi connectivity index (χ2v) is 7.46. The molecule has 0 saturated carbocycles. The fraction of sp³-hybridized carbons (Fsp3) is 0.381. The molecule has 0 amide bonds. The van der Waals surface area contributed by atoms with Crippen LogP contribution in [0.3, 0.4) is 0 Å². The van der Waals surface area contributed by atoms with E-state index in [9.17, 15) is 30.1 Å². The van der Waals surface area contributed by atoms with E-state index in [0.29, 0.717) is 5.56 Å². The maximum absolute atomic E-state index is 12.0. The summed E-state index contributed by atoms with van der Waals surface area (Å²) in [7, 11) is 2.63. The highest BCUT2D eigenvalue weighted by atomic mass is 16.6. The van der Waals surface area contributed by atoms with Gasteiger partial charge in [0.25, 0.3) is 11.4 Å². The summed E-state index contributed by atoms with van der Waals surface area (Å²) in [6.45, 7) is 0.192. The molecular weight excluding hydrogens is 438 g/mol. The Morgan fingerprint density at radius 2 is 1.82 bits per heavy atom. The third-order valence-electron chi connectivity index (χ3n) is 5.33. The van der Waals surface area contributed by atoms with Gasteiger partial charge in [0, 0.05) is 37.2 Å². The minimum absolute atomic E-state index is 0.00753. The molecule has 12 heteroatoms. The molecule has 1 heterocycles. The summed E-state index contributed by atoms with van der Waals surface area (Å²) < 4.78 is 15.8. The van der Waals surface area contributed by atoms with E-state index in [4.69, 9.17) is 14.2 Å². The van der Waals surface area contributed by atoms with Crippen molar-refractivity contribution in [1.82, 2.24) is 4.90 Å². The number of carbonyl (C=O) groups is 1. The molecule has 1 unspecified atom stereocenters. The average molecular weight is 461 g/mol. The Balaban J connectivity index is 1.84. The topological polar surface area (TPSA) is 155 Å². The number of nitro benzene ring substituents is 2. The fourth-order valence-electron chi connectivity index (χ4n) is 3.69. The summed E-state index contributed by atoms with van der Waals surface area (Å²) in [5.74, 6) is -0.159. The first-order valence-corrected chi connectivity index (χ1v) is 9.94. The van der Waals surface area contributed by atoms with Crippen LogP contribution >= 0.6 is 0 Å². The quantitative estimate of drug-likeness (QED) is 0.334. The van der Waals surface area contributed by atoms with Crippen LogP contribution in [0.2, 0.25) is 0 Å². The van der Waals surface area contributed by atoms with E-state index >= 15 is 0 Å². The van der Waals surface area contributed by atoms with E-state index in [1.54, 1.807) is 4.90 Å². The van der Waals surface area contributed by atoms with Crippen LogP contribution in [0.4, 0.5) is 11.4 Å². The smallest absolute Gasteiger partial charge is 0.323 e. The second-order valence-electron chi connectivity index (χ2n) is 7.46. The molecule has 12 nitrogen and oxygen atoms in total. The first kappa shape index (κ1) is 23.9. The molecule has 0 radical (unpaired) electrons. The molecule has 0 aliphatic carbocycles. The third-order valence-corrected chi connectivity index (χ3v) is 5.33. The van der Waals surface area contributed by atoms with Gasteiger partial charge in [0.2, 0.25) is 0 Å². The number of non-ortho nitro benzene ring substituents is 1. The van der Waals surface area contributed by atoms with E-state index in [2.05, 4.69) is 0 Å². The van der Waals surface area contributed by atoms with Crippen molar-refractivity contribution in [3.05, 3.63) is 67.8 Å². The Kier molecular flexibility index (Phi) is 7.41. The van der Waals surface area contributed by atoms with Crippen LogP contribution in [0.15, 0.2) is 36.4 Å². The number of esters is 1. The van der Waals surface area contributed by atoms with Gasteiger partial charge in [-0.25, -0.2) is 0 Å². The monoisotopic (exact) mass is 461 g/mol. The standard InChI is InChI=1S/C21H23N3O9/c1-31-19-7-14(10-22-11-16(25)8-18(22)21(26)32-2)17(24(29)30)9-20(19)33-12-13-3-5-15(6-4-13)23(27)28/h3-7,9,16,18,25H,8,10-12H2,1-2H3/t16?,18-/m0/s1. The van der Waals surface area contributed by atoms with Crippen molar-refractivity contribution in [2.24, 2.45) is 0 Å². The Hall–Kier alpha value is -3.77. The van der Waals surface area contributed by atoms with Crippen LogP contribution in [0.5, 0.6) is 11.5 Å². The molecule has 33 heavy (non-hydrogen) atoms. The Morgan fingerprint density at radius 1 is 1.12 bits per heavy atom. The number of rotatable bonds is 9. The summed E-state index contributed by atoms with van der Waals surface area (Å²) >= 11 is 0. The highest BCUT2D eigenvalue weighted by Crippen LogP contribution is 2.37. The van der Waals surface area contributed by atoms with Gasteiger partial charge in [-0.1, -0.05) is 0 Å². The van der Waals surface area contributed by atoms with Gasteiger partial charge in [-0.3, -0.25) is 29.9 Å². The minimum Gasteiger partial charge on any atom is -0.493 e. The van der Waals surface area contributed by atoms with E-state index in [-0.39, 0.29) is 54.6 Å². The Bertz CT molecular complexity index is 1040. The zero-order chi connectivity index (χ0) is 24.1. The average Bonchev–Trinajstić information content (AvgIpc) is 3.17. The van der Waals surface area contributed by atoms with Gasteiger partial charge in [-0.15, -0.1) is 0 Å². The number of nitro groups is 2. The van der Waals surface area contributed by atoms with Crippen LogP contribution in [0.1, 0.15) is 17.5 Å². The van der Waals surface area contributed by atoms with Gasteiger partial charge in [-0.05, 0) is 23.8 Å². The molecule has 0 spiro atoms. The van der Waals surface area contributed by atoms with Gasteiger partial charge in [0.1, 0.15) is 12.6 Å². The molecule has 2 aromatic rings. The van der Waals surface area contributed by atoms with Gasteiger partial charge >= 0.3 is 5.97 Å². The number of hydrogen-bond donors (Lipinski definition) is 1. The predicted molar refractivity (Wildman–Crippen MR) is 114 cm³/mol. The molecule has 1 aliphatic heterocycles. The summed E-state index contributed by atoms with van der Waals surface area (Å²) in [6.07, 6.45) is -0.576. The molecule has 2 aromatic carbocycles. The fourth-order valence-corrected chi connectivity index (χ4v) is 3.69. The number of nitrogens with zero attached hydrogens (tertiary/aromatic N) is 3. The zero-order valence-corrected chi connectivity index (χ0v) is 18.0. The van der Waals surface area contributed by atoms with Gasteiger partial charge in [0.15, 0.2) is 11.5 Å². The largest absolute Gasteiger partial charge is 0.493 e. The lowest BCUT2D eigenvalue weighted by Crippen LogP contribution is -2.36. The molecular formula is C21H23N3O9. The molecule has 0 aromatic heterocycles. The van der Waals surface area contributed by atoms with Gasteiger partial charge in [-0.2, -0.15) is 0 Å². The zero-order valence-electron chi connectivity index (χ0n) is 18.0.